The Morgan fingerprint density at radius 3 is 2.14 bits per heavy atom. The molecule has 1 unspecified atom stereocenters. The second-order valence-corrected chi connectivity index (χ2v) is 12.0. The van der Waals surface area contributed by atoms with Crippen LogP contribution in [0, 0.1) is 12.3 Å². The molecule has 1 aliphatic heterocycles. The van der Waals surface area contributed by atoms with Gasteiger partial charge in [0.05, 0.1) is 22.2 Å². The maximum atomic E-state index is 11.6. The number of hydrogen-bond donors (Lipinski definition) is 4. The molecule has 250 valence electrons. The molecule has 2 heterocycles. The van der Waals surface area contributed by atoms with Crippen molar-refractivity contribution in [2.75, 3.05) is 13.1 Å². The van der Waals surface area contributed by atoms with E-state index in [-0.39, 0.29) is 23.8 Å². The molecule has 1 aromatic heterocycles. The molecule has 44 heavy (non-hydrogen) atoms. The number of aliphatic hydroxyl groups excluding tert-OH is 1. The molecule has 1 saturated heterocycles. The number of carboxylic acids is 1. The largest absolute Gasteiger partial charge is 0.481 e. The van der Waals surface area contributed by atoms with Crippen LogP contribution in [0.1, 0.15) is 104 Å². The number of β-amino-alcohol motifs (C(OH)–C–C–N with tert-alkyl or cyclic N) is 1. The van der Waals surface area contributed by atoms with Crippen LogP contribution < -0.4 is 11.1 Å². The fourth-order valence-corrected chi connectivity index (χ4v) is 4.74. The summed E-state index contributed by atoms with van der Waals surface area (Å²) in [6, 6.07) is 8.15. The van der Waals surface area contributed by atoms with Gasteiger partial charge in [0.1, 0.15) is 0 Å². The van der Waals surface area contributed by atoms with Crippen LogP contribution >= 0.6 is 11.3 Å². The Balaban J connectivity index is 0. The van der Waals surface area contributed by atoms with Gasteiger partial charge in [-0.1, -0.05) is 91.5 Å². The Labute approximate surface area is 268 Å². The summed E-state index contributed by atoms with van der Waals surface area (Å²) in [4.78, 5) is 47.6. The maximum absolute atomic E-state index is 11.6. The first-order valence-electron chi connectivity index (χ1n) is 15.4. The number of aromatic nitrogens is 1. The molecular weight excluding hydrogens is 580 g/mol. The highest BCUT2D eigenvalue weighted by molar-refractivity contribution is 7.13. The van der Waals surface area contributed by atoms with Crippen LogP contribution in [0.25, 0.3) is 10.4 Å². The minimum atomic E-state index is -0.670. The average molecular weight is 637 g/mol. The lowest BCUT2D eigenvalue weighted by atomic mass is 9.92. The summed E-state index contributed by atoms with van der Waals surface area (Å²) < 4.78 is 0. The Hall–Kier alpha value is -3.31. The molecule has 2 aromatic rings. The van der Waals surface area contributed by atoms with E-state index in [2.05, 4.69) is 55.9 Å². The van der Waals surface area contributed by atoms with Crippen LogP contribution in [0.3, 0.4) is 0 Å². The zero-order chi connectivity index (χ0) is 34.0. The summed E-state index contributed by atoms with van der Waals surface area (Å²) >= 11 is 1.64. The predicted octanol–water partition coefficient (Wildman–Crippen LogP) is 5.94. The molecule has 10 nitrogen and oxygen atoms in total. The molecule has 0 bridgehead atoms. The van der Waals surface area contributed by atoms with Crippen molar-refractivity contribution in [3.63, 3.8) is 0 Å². The smallest absolute Gasteiger partial charge is 0.303 e. The number of hydrogen-bond acceptors (Lipinski definition) is 7. The van der Waals surface area contributed by atoms with E-state index in [0.717, 1.165) is 37.1 Å². The van der Waals surface area contributed by atoms with Gasteiger partial charge < -0.3 is 26.2 Å². The number of primary amides is 1. The summed E-state index contributed by atoms with van der Waals surface area (Å²) in [5.41, 5.74) is 9.40. The van der Waals surface area contributed by atoms with E-state index < -0.39 is 5.97 Å². The maximum Gasteiger partial charge on any atom is 0.303 e. The van der Waals surface area contributed by atoms with Crippen LogP contribution in [0.15, 0.2) is 29.8 Å². The van der Waals surface area contributed by atoms with Crippen molar-refractivity contribution in [1.29, 1.82) is 0 Å². The third kappa shape index (κ3) is 22.3. The van der Waals surface area contributed by atoms with Gasteiger partial charge in [0.15, 0.2) is 0 Å². The van der Waals surface area contributed by atoms with Gasteiger partial charge in [-0.3, -0.25) is 19.2 Å². The highest BCUT2D eigenvalue weighted by Crippen LogP contribution is 2.27. The van der Waals surface area contributed by atoms with E-state index in [1.807, 2.05) is 38.4 Å². The van der Waals surface area contributed by atoms with E-state index in [9.17, 15) is 19.5 Å². The summed E-state index contributed by atoms with van der Waals surface area (Å²) in [5, 5.41) is 20.2. The fourth-order valence-electron chi connectivity index (χ4n) is 3.93. The number of likely N-dealkylation sites (tertiary alicyclic amines) is 1. The van der Waals surface area contributed by atoms with Gasteiger partial charge in [-0.2, -0.15) is 0 Å². The molecule has 11 heteroatoms. The number of carboxylic acid groups (broad SMARTS) is 1. The lowest BCUT2D eigenvalue weighted by Gasteiger charge is -2.22. The quantitative estimate of drug-likeness (QED) is 0.175. The Morgan fingerprint density at radius 1 is 1.11 bits per heavy atom. The van der Waals surface area contributed by atoms with E-state index in [1.165, 1.54) is 29.7 Å². The number of aliphatic carboxylic acids is 1. The number of amides is 3. The number of carbonyl (C=O) groups is 4. The molecule has 1 atom stereocenters. The number of carbonyl (C=O) groups excluding carboxylic acids is 3. The Bertz CT molecular complexity index is 1040. The third-order valence-electron chi connectivity index (χ3n) is 6.04. The molecule has 0 aliphatic carbocycles. The van der Waals surface area contributed by atoms with Crippen LogP contribution in [0.2, 0.25) is 0 Å². The van der Waals surface area contributed by atoms with E-state index in [4.69, 9.17) is 9.90 Å². The van der Waals surface area contributed by atoms with Gasteiger partial charge in [0.25, 0.3) is 0 Å². The summed E-state index contributed by atoms with van der Waals surface area (Å²) in [6.45, 7) is 16.1. The van der Waals surface area contributed by atoms with Crippen LogP contribution in [-0.4, -0.2) is 64.0 Å². The van der Waals surface area contributed by atoms with Crippen molar-refractivity contribution in [1.82, 2.24) is 15.2 Å². The molecule has 0 saturated carbocycles. The molecule has 1 aliphatic rings. The van der Waals surface area contributed by atoms with Gasteiger partial charge in [-0.15, -0.1) is 11.3 Å². The van der Waals surface area contributed by atoms with Crippen LogP contribution in [0.4, 0.5) is 0 Å². The fraction of sp³-hybridized carbons (Fsp3) is 0.606. The van der Waals surface area contributed by atoms with Crippen LogP contribution in [0.5, 0.6) is 0 Å². The molecule has 0 spiro atoms. The van der Waals surface area contributed by atoms with E-state index in [0.29, 0.717) is 32.3 Å². The molecule has 1 aromatic carbocycles. The lowest BCUT2D eigenvalue weighted by Crippen LogP contribution is -2.32. The number of thiazole rings is 1. The molecular formula is C33H56N4O6S. The third-order valence-corrected chi connectivity index (χ3v) is 7.02. The monoisotopic (exact) mass is 636 g/mol. The Kier molecular flexibility index (Phi) is 25.4. The summed E-state index contributed by atoms with van der Waals surface area (Å²) in [5.74, 6) is -0.499. The highest BCUT2D eigenvalue weighted by atomic mass is 32.1. The Morgan fingerprint density at radius 2 is 1.70 bits per heavy atom. The average Bonchev–Trinajstić information content (AvgIpc) is 3.61. The predicted molar refractivity (Wildman–Crippen MR) is 179 cm³/mol. The number of nitrogens with zero attached hydrogens (tertiary/aromatic N) is 2. The second kappa shape index (κ2) is 26.1. The minimum Gasteiger partial charge on any atom is -0.481 e. The summed E-state index contributed by atoms with van der Waals surface area (Å²) in [7, 11) is 0. The van der Waals surface area contributed by atoms with Crippen molar-refractivity contribution in [2.24, 2.45) is 11.1 Å². The van der Waals surface area contributed by atoms with Crippen molar-refractivity contribution in [3.8, 4) is 10.4 Å². The number of unbranched alkanes of at least 4 members (excludes halogenated alkanes) is 4. The van der Waals surface area contributed by atoms with E-state index >= 15 is 0 Å². The van der Waals surface area contributed by atoms with Gasteiger partial charge in [0, 0.05) is 32.5 Å². The van der Waals surface area contributed by atoms with Crippen molar-refractivity contribution in [3.05, 3.63) is 41.0 Å². The van der Waals surface area contributed by atoms with Gasteiger partial charge in [0.2, 0.25) is 18.7 Å². The number of rotatable bonds is 11. The van der Waals surface area contributed by atoms with Crippen molar-refractivity contribution < 1.29 is 29.4 Å². The molecule has 5 N–H and O–H groups in total. The van der Waals surface area contributed by atoms with E-state index in [1.54, 1.807) is 16.2 Å². The first kappa shape index (κ1) is 42.8. The van der Waals surface area contributed by atoms with Gasteiger partial charge in [-0.05, 0) is 36.3 Å². The second-order valence-electron chi connectivity index (χ2n) is 11.2. The molecule has 3 rings (SSSR count). The van der Waals surface area contributed by atoms with Gasteiger partial charge in [-0.25, -0.2) is 4.98 Å². The lowest BCUT2D eigenvalue weighted by molar-refractivity contribution is -0.137. The van der Waals surface area contributed by atoms with Crippen molar-refractivity contribution in [2.45, 2.75) is 112 Å². The molecule has 1 fully saturated rings. The minimum absolute atomic E-state index is 0.0463. The normalized spacial score (nSPS) is 13.3. The van der Waals surface area contributed by atoms with Crippen LogP contribution in [-0.2, 0) is 25.7 Å². The zero-order valence-electron chi connectivity index (χ0n) is 27.8. The zero-order valence-corrected chi connectivity index (χ0v) is 28.6. The number of nitrogens with two attached hydrogens (primary N) is 1. The topological polar surface area (TPSA) is 163 Å². The highest BCUT2D eigenvalue weighted by Gasteiger charge is 2.27. The summed E-state index contributed by atoms with van der Waals surface area (Å²) in [6.07, 6.45) is 7.84. The number of aliphatic hydroxyl groups is 1. The number of aryl methyl sites for hydroxylation is 1. The van der Waals surface area contributed by atoms with Gasteiger partial charge >= 0.3 is 5.97 Å². The molecule has 3 amide bonds. The SMILES string of the molecule is CC.CC(C)(C)CC(=O)N1CCC(O)C1.CCCCCCCC(=O)O.Cc1ncsc1-c1ccc(CNC=O)cc1.NC=O. The standard InChI is InChI=1S/C12H12N2OS.C10H19NO2.C8H16O2.C2H6.CH3NO/c1-9-12(16-8-14-9)11-4-2-10(3-5-11)6-13-7-15;1-10(2,3)6-9(13)11-5-4-8(12)7-11;1-2-3-4-5-6-7-8(9)10;1-2;2-1-3/h2-5,7-8H,6H2,1H3,(H,13,15);8,12H,4-7H2,1-3H3;2-7H2,1H3,(H,9,10);1-2H3;1H,(H2,2,3). The first-order valence-corrected chi connectivity index (χ1v) is 16.3. The number of nitrogens with one attached hydrogen (secondary N) is 1. The number of benzene rings is 1. The van der Waals surface area contributed by atoms with Crippen molar-refractivity contribution >= 4 is 36.0 Å². The molecule has 0 radical (unpaired) electrons. The first-order chi connectivity index (χ1) is 20.9.